The maximum atomic E-state index is 9.14. The molecule has 64 valence electrons. The summed E-state index contributed by atoms with van der Waals surface area (Å²) in [5.74, 6) is 0. The first-order chi connectivity index (χ1) is 5.71. The molecule has 0 atom stereocenters. The van der Waals surface area contributed by atoms with Crippen LogP contribution < -0.4 is 5.73 Å². The lowest BCUT2D eigenvalue weighted by molar-refractivity contribution is 0.0188. The fourth-order valence-electron chi connectivity index (χ4n) is 1.65. The van der Waals surface area contributed by atoms with Crippen LogP contribution in [0.25, 0.3) is 0 Å². The minimum atomic E-state index is -0.374. The molecule has 0 aromatic carbocycles. The minimum Gasteiger partial charge on any atom is -0.393 e. The van der Waals surface area contributed by atoms with Gasteiger partial charge >= 0.3 is 0 Å². The Labute approximate surface area is 71.2 Å². The lowest BCUT2D eigenvalue weighted by atomic mass is 9.73. The zero-order valence-electron chi connectivity index (χ0n) is 6.77. The van der Waals surface area contributed by atoms with Crippen LogP contribution in [0, 0.1) is 0 Å². The van der Waals surface area contributed by atoms with Gasteiger partial charge in [0.15, 0.2) is 0 Å². The summed E-state index contributed by atoms with van der Waals surface area (Å²) in [4.78, 5) is 4.17. The van der Waals surface area contributed by atoms with Crippen LogP contribution in [0.5, 0.6) is 0 Å². The number of pyridine rings is 1. The molecule has 3 N–H and O–H groups in total. The van der Waals surface area contributed by atoms with Crippen LogP contribution in [-0.2, 0) is 5.54 Å². The van der Waals surface area contributed by atoms with Crippen molar-refractivity contribution >= 4 is 0 Å². The molecule has 1 aliphatic rings. The van der Waals surface area contributed by atoms with Crippen molar-refractivity contribution in [3.63, 3.8) is 0 Å². The number of hydrogen-bond donors (Lipinski definition) is 2. The number of rotatable bonds is 1. The van der Waals surface area contributed by atoms with Crippen molar-refractivity contribution in [3.05, 3.63) is 30.1 Å². The molecular weight excluding hydrogens is 152 g/mol. The zero-order valence-corrected chi connectivity index (χ0v) is 6.77. The third-order valence-corrected chi connectivity index (χ3v) is 2.37. The summed E-state index contributed by atoms with van der Waals surface area (Å²) in [6.45, 7) is 0. The molecule has 0 radical (unpaired) electrons. The molecule has 12 heavy (non-hydrogen) atoms. The summed E-state index contributed by atoms with van der Waals surface area (Å²) in [7, 11) is 0. The molecule has 1 fully saturated rings. The van der Waals surface area contributed by atoms with Crippen LogP contribution in [0.4, 0.5) is 0 Å². The smallest absolute Gasteiger partial charge is 0.0633 e. The molecule has 3 nitrogen and oxygen atoms in total. The van der Waals surface area contributed by atoms with Crippen molar-refractivity contribution in [2.75, 3.05) is 0 Å². The summed E-state index contributed by atoms with van der Waals surface area (Å²) < 4.78 is 0. The highest BCUT2D eigenvalue weighted by molar-refractivity contribution is 5.19. The van der Waals surface area contributed by atoms with Gasteiger partial charge in [0, 0.05) is 6.20 Å². The van der Waals surface area contributed by atoms with E-state index in [-0.39, 0.29) is 11.6 Å². The predicted molar refractivity (Wildman–Crippen MR) is 45.3 cm³/mol. The van der Waals surface area contributed by atoms with Gasteiger partial charge in [-0.25, -0.2) is 0 Å². The standard InChI is InChI=1S/C9H12N2O/c10-9(5-7(12)6-9)8-3-1-2-4-11-8/h1-4,7,12H,5-6,10H2. The Kier molecular flexibility index (Phi) is 1.63. The summed E-state index contributed by atoms with van der Waals surface area (Å²) >= 11 is 0. The predicted octanol–water partition coefficient (Wildman–Crippen LogP) is 0.390. The molecule has 2 rings (SSSR count). The minimum absolute atomic E-state index is 0.239. The van der Waals surface area contributed by atoms with Crippen molar-refractivity contribution in [1.82, 2.24) is 4.98 Å². The molecule has 0 amide bonds. The Balaban J connectivity index is 2.21. The Morgan fingerprint density at radius 2 is 2.25 bits per heavy atom. The Morgan fingerprint density at radius 1 is 1.50 bits per heavy atom. The lowest BCUT2D eigenvalue weighted by Crippen LogP contribution is -2.52. The first kappa shape index (κ1) is 7.71. The number of nitrogens with two attached hydrogens (primary N) is 1. The molecule has 0 saturated heterocycles. The second-order valence-corrected chi connectivity index (χ2v) is 3.43. The Hall–Kier alpha value is -0.930. The average molecular weight is 164 g/mol. The second kappa shape index (κ2) is 2.54. The third-order valence-electron chi connectivity index (χ3n) is 2.37. The van der Waals surface area contributed by atoms with E-state index >= 15 is 0 Å². The van der Waals surface area contributed by atoms with E-state index in [0.29, 0.717) is 12.8 Å². The fourth-order valence-corrected chi connectivity index (χ4v) is 1.65. The van der Waals surface area contributed by atoms with Gasteiger partial charge in [0.2, 0.25) is 0 Å². The SMILES string of the molecule is NC1(c2ccccn2)CC(O)C1. The van der Waals surface area contributed by atoms with Gasteiger partial charge in [-0.1, -0.05) is 6.07 Å². The van der Waals surface area contributed by atoms with Crippen LogP contribution >= 0.6 is 0 Å². The van der Waals surface area contributed by atoms with E-state index in [1.807, 2.05) is 18.2 Å². The summed E-state index contributed by atoms with van der Waals surface area (Å²) in [6.07, 6.45) is 2.75. The van der Waals surface area contributed by atoms with Crippen LogP contribution in [0.3, 0.4) is 0 Å². The van der Waals surface area contributed by atoms with Crippen molar-refractivity contribution in [2.45, 2.75) is 24.5 Å². The molecule has 0 spiro atoms. The highest BCUT2D eigenvalue weighted by Gasteiger charge is 2.42. The molecule has 1 heterocycles. The van der Waals surface area contributed by atoms with Gasteiger partial charge in [-0.05, 0) is 25.0 Å². The highest BCUT2D eigenvalue weighted by Crippen LogP contribution is 2.37. The molecule has 1 aromatic heterocycles. The Bertz CT molecular complexity index is 267. The molecule has 1 saturated carbocycles. The normalized spacial score (nSPS) is 34.3. The summed E-state index contributed by atoms with van der Waals surface area (Å²) in [5, 5.41) is 9.14. The molecule has 1 aliphatic carbocycles. The van der Waals surface area contributed by atoms with E-state index in [9.17, 15) is 0 Å². The van der Waals surface area contributed by atoms with Crippen molar-refractivity contribution in [1.29, 1.82) is 0 Å². The van der Waals surface area contributed by atoms with Crippen molar-refractivity contribution in [3.8, 4) is 0 Å². The molecular formula is C9H12N2O. The zero-order chi connectivity index (χ0) is 8.60. The van der Waals surface area contributed by atoms with E-state index in [2.05, 4.69) is 4.98 Å². The topological polar surface area (TPSA) is 59.1 Å². The first-order valence-corrected chi connectivity index (χ1v) is 4.09. The summed E-state index contributed by atoms with van der Waals surface area (Å²) in [6, 6.07) is 5.69. The number of aliphatic hydroxyl groups excluding tert-OH is 1. The summed E-state index contributed by atoms with van der Waals surface area (Å²) in [5.41, 5.74) is 6.50. The Morgan fingerprint density at radius 3 is 2.75 bits per heavy atom. The third kappa shape index (κ3) is 1.11. The maximum Gasteiger partial charge on any atom is 0.0633 e. The van der Waals surface area contributed by atoms with Gasteiger partial charge in [-0.15, -0.1) is 0 Å². The monoisotopic (exact) mass is 164 g/mol. The first-order valence-electron chi connectivity index (χ1n) is 4.09. The van der Waals surface area contributed by atoms with Crippen LogP contribution in [0.2, 0.25) is 0 Å². The molecule has 3 heteroatoms. The average Bonchev–Trinajstić information content (AvgIpc) is 2.04. The van der Waals surface area contributed by atoms with E-state index in [0.717, 1.165) is 5.69 Å². The van der Waals surface area contributed by atoms with Gasteiger partial charge in [0.1, 0.15) is 0 Å². The van der Waals surface area contributed by atoms with Crippen LogP contribution in [0.15, 0.2) is 24.4 Å². The number of hydrogen-bond acceptors (Lipinski definition) is 3. The molecule has 0 aliphatic heterocycles. The van der Waals surface area contributed by atoms with Crippen LogP contribution in [0.1, 0.15) is 18.5 Å². The molecule has 0 bridgehead atoms. The van der Waals surface area contributed by atoms with E-state index < -0.39 is 0 Å². The fraction of sp³-hybridized carbons (Fsp3) is 0.444. The molecule has 1 aromatic rings. The quantitative estimate of drug-likeness (QED) is 0.631. The second-order valence-electron chi connectivity index (χ2n) is 3.43. The van der Waals surface area contributed by atoms with Crippen molar-refractivity contribution in [2.24, 2.45) is 5.73 Å². The van der Waals surface area contributed by atoms with E-state index in [4.69, 9.17) is 10.8 Å². The van der Waals surface area contributed by atoms with Gasteiger partial charge < -0.3 is 10.8 Å². The highest BCUT2D eigenvalue weighted by atomic mass is 16.3. The van der Waals surface area contributed by atoms with Crippen LogP contribution in [-0.4, -0.2) is 16.2 Å². The number of aliphatic hydroxyl groups is 1. The van der Waals surface area contributed by atoms with E-state index in [1.54, 1.807) is 6.20 Å². The number of aromatic nitrogens is 1. The van der Waals surface area contributed by atoms with E-state index in [1.165, 1.54) is 0 Å². The number of nitrogens with zero attached hydrogens (tertiary/aromatic N) is 1. The maximum absolute atomic E-state index is 9.14. The van der Waals surface area contributed by atoms with Gasteiger partial charge in [0.25, 0.3) is 0 Å². The molecule has 0 unspecified atom stereocenters. The van der Waals surface area contributed by atoms with Gasteiger partial charge in [-0.2, -0.15) is 0 Å². The lowest BCUT2D eigenvalue weighted by Gasteiger charge is -2.41. The van der Waals surface area contributed by atoms with Gasteiger partial charge in [0.05, 0.1) is 17.3 Å². The van der Waals surface area contributed by atoms with Crippen molar-refractivity contribution < 1.29 is 5.11 Å². The van der Waals surface area contributed by atoms with Gasteiger partial charge in [-0.3, -0.25) is 4.98 Å². The largest absolute Gasteiger partial charge is 0.393 e.